The molecule has 206 valence electrons. The third kappa shape index (κ3) is 4.50. The van der Waals surface area contributed by atoms with E-state index in [0.717, 1.165) is 11.4 Å². The van der Waals surface area contributed by atoms with E-state index in [0.29, 0.717) is 0 Å². The van der Waals surface area contributed by atoms with Crippen molar-refractivity contribution in [3.05, 3.63) is 144 Å². The predicted molar refractivity (Wildman–Crippen MR) is 181 cm³/mol. The first-order chi connectivity index (χ1) is 20.2. The number of hydrogen-bond donors (Lipinski definition) is 1. The molecule has 1 N–H and O–H groups in total. The first-order valence-corrected chi connectivity index (χ1v) is 14.9. The van der Waals surface area contributed by atoms with Gasteiger partial charge in [-0.2, -0.15) is 0 Å². The Morgan fingerprint density at radius 3 is 1.93 bits per heavy atom. The van der Waals surface area contributed by atoms with Crippen LogP contribution in [0.1, 0.15) is 51.3 Å². The average Bonchev–Trinajstić information content (AvgIpc) is 3.22. The molecule has 0 radical (unpaired) electrons. The fourth-order valence-electron chi connectivity index (χ4n) is 6.64. The minimum atomic E-state index is -0.0272. The molecule has 1 nitrogen and oxygen atoms in total. The monoisotopic (exact) mass is 543 g/mol. The molecule has 6 aromatic rings. The summed E-state index contributed by atoms with van der Waals surface area (Å²) in [6.45, 7) is 11.6. The third-order valence-electron chi connectivity index (χ3n) is 8.97. The molecule has 0 heterocycles. The lowest BCUT2D eigenvalue weighted by atomic mass is 9.82. The van der Waals surface area contributed by atoms with E-state index >= 15 is 0 Å². The highest BCUT2D eigenvalue weighted by atomic mass is 14.9. The maximum absolute atomic E-state index is 3.81. The lowest BCUT2D eigenvalue weighted by Gasteiger charge is -2.26. The maximum Gasteiger partial charge on any atom is 0.0422 e. The van der Waals surface area contributed by atoms with Crippen LogP contribution in [0, 0.1) is 0 Å². The van der Waals surface area contributed by atoms with Gasteiger partial charge in [0, 0.05) is 16.8 Å². The standard InChI is InChI=1S/C41H37N/c1-40(2,3)38-25-32(30-14-10-13-29(24-30)31-18-17-27-11-6-7-12-28(27)23-31)19-22-39(38)42-33-20-21-35-34-15-8-9-16-36(34)41(4,5)37(35)26-33/h6-26,42H,1-5H3. The van der Waals surface area contributed by atoms with Gasteiger partial charge in [0.15, 0.2) is 0 Å². The Bertz CT molecular complexity index is 1970. The Hall–Kier alpha value is -4.62. The van der Waals surface area contributed by atoms with E-state index in [4.69, 9.17) is 0 Å². The topological polar surface area (TPSA) is 12.0 Å². The van der Waals surface area contributed by atoms with Crippen LogP contribution >= 0.6 is 0 Å². The summed E-state index contributed by atoms with van der Waals surface area (Å²) >= 11 is 0. The minimum absolute atomic E-state index is 0.0175. The number of nitrogens with one attached hydrogen (secondary N) is 1. The summed E-state index contributed by atoms with van der Waals surface area (Å²) in [5.41, 5.74) is 14.0. The van der Waals surface area contributed by atoms with Crippen molar-refractivity contribution in [2.75, 3.05) is 5.32 Å². The fraction of sp³-hybridized carbons (Fsp3) is 0.171. The zero-order valence-corrected chi connectivity index (χ0v) is 25.1. The number of fused-ring (bicyclic) bond motifs is 4. The molecular weight excluding hydrogens is 506 g/mol. The highest BCUT2D eigenvalue weighted by Gasteiger charge is 2.35. The third-order valence-corrected chi connectivity index (χ3v) is 8.97. The lowest BCUT2D eigenvalue weighted by Crippen LogP contribution is -2.16. The van der Waals surface area contributed by atoms with Crippen molar-refractivity contribution < 1.29 is 0 Å². The molecule has 1 heteroatoms. The van der Waals surface area contributed by atoms with Crippen LogP contribution < -0.4 is 5.32 Å². The molecule has 7 rings (SSSR count). The van der Waals surface area contributed by atoms with Gasteiger partial charge >= 0.3 is 0 Å². The van der Waals surface area contributed by atoms with Gasteiger partial charge in [-0.1, -0.05) is 126 Å². The van der Waals surface area contributed by atoms with Crippen molar-refractivity contribution in [3.8, 4) is 33.4 Å². The second-order valence-corrected chi connectivity index (χ2v) is 13.2. The number of hydrogen-bond acceptors (Lipinski definition) is 1. The van der Waals surface area contributed by atoms with Gasteiger partial charge in [0.1, 0.15) is 0 Å². The molecule has 0 aromatic heterocycles. The first-order valence-electron chi connectivity index (χ1n) is 14.9. The Morgan fingerprint density at radius 1 is 0.500 bits per heavy atom. The highest BCUT2D eigenvalue weighted by Crippen LogP contribution is 2.49. The van der Waals surface area contributed by atoms with E-state index in [1.165, 1.54) is 60.8 Å². The molecule has 0 fully saturated rings. The van der Waals surface area contributed by atoms with Crippen molar-refractivity contribution in [1.29, 1.82) is 0 Å². The zero-order chi connectivity index (χ0) is 29.1. The first kappa shape index (κ1) is 26.3. The van der Waals surface area contributed by atoms with Crippen molar-refractivity contribution in [2.45, 2.75) is 45.4 Å². The molecule has 0 saturated carbocycles. The summed E-state index contributed by atoms with van der Waals surface area (Å²) in [6.07, 6.45) is 0. The SMILES string of the molecule is CC(C)(C)c1cc(-c2cccc(-c3ccc4ccccc4c3)c2)ccc1Nc1ccc2c(c1)C(C)(C)c1ccccc1-2. The largest absolute Gasteiger partial charge is 0.355 e. The maximum atomic E-state index is 3.81. The molecular formula is C41H37N. The summed E-state index contributed by atoms with van der Waals surface area (Å²) in [5.74, 6) is 0. The number of benzene rings is 6. The van der Waals surface area contributed by atoms with Gasteiger partial charge in [-0.05, 0) is 103 Å². The fourth-order valence-corrected chi connectivity index (χ4v) is 6.64. The van der Waals surface area contributed by atoms with Crippen LogP contribution in [0.4, 0.5) is 11.4 Å². The Morgan fingerprint density at radius 2 is 1.14 bits per heavy atom. The van der Waals surface area contributed by atoms with Crippen LogP contribution in [0.2, 0.25) is 0 Å². The Balaban J connectivity index is 1.24. The molecule has 0 aliphatic heterocycles. The van der Waals surface area contributed by atoms with Crippen molar-refractivity contribution in [3.63, 3.8) is 0 Å². The van der Waals surface area contributed by atoms with Gasteiger partial charge in [0.25, 0.3) is 0 Å². The second kappa shape index (κ2) is 9.74. The molecule has 1 aliphatic carbocycles. The van der Waals surface area contributed by atoms with Crippen molar-refractivity contribution in [2.24, 2.45) is 0 Å². The quantitative estimate of drug-likeness (QED) is 0.233. The van der Waals surface area contributed by atoms with Gasteiger partial charge in [-0.3, -0.25) is 0 Å². The van der Waals surface area contributed by atoms with E-state index in [9.17, 15) is 0 Å². The Labute approximate surface area is 249 Å². The van der Waals surface area contributed by atoms with Gasteiger partial charge in [0.2, 0.25) is 0 Å². The van der Waals surface area contributed by atoms with Crippen LogP contribution in [0.25, 0.3) is 44.2 Å². The smallest absolute Gasteiger partial charge is 0.0422 e. The van der Waals surface area contributed by atoms with E-state index in [-0.39, 0.29) is 10.8 Å². The number of anilines is 2. The summed E-state index contributed by atoms with van der Waals surface area (Å²) in [4.78, 5) is 0. The summed E-state index contributed by atoms with van der Waals surface area (Å²) in [5, 5.41) is 6.34. The predicted octanol–water partition coefficient (Wildman–Crippen LogP) is 11.5. The van der Waals surface area contributed by atoms with Crippen LogP contribution in [0.3, 0.4) is 0 Å². The van der Waals surface area contributed by atoms with Gasteiger partial charge in [-0.25, -0.2) is 0 Å². The van der Waals surface area contributed by atoms with Crippen LogP contribution in [-0.4, -0.2) is 0 Å². The van der Waals surface area contributed by atoms with Crippen LogP contribution in [0.5, 0.6) is 0 Å². The van der Waals surface area contributed by atoms with Crippen LogP contribution in [-0.2, 0) is 10.8 Å². The molecule has 42 heavy (non-hydrogen) atoms. The summed E-state index contributed by atoms with van der Waals surface area (Å²) < 4.78 is 0. The van der Waals surface area contributed by atoms with E-state index in [1.54, 1.807) is 0 Å². The zero-order valence-electron chi connectivity index (χ0n) is 25.1. The molecule has 0 bridgehead atoms. The lowest BCUT2D eigenvalue weighted by molar-refractivity contribution is 0.592. The molecule has 0 unspecified atom stereocenters. The van der Waals surface area contributed by atoms with Gasteiger partial charge in [0.05, 0.1) is 0 Å². The Kier molecular flexibility index (Phi) is 6.10. The normalized spacial score (nSPS) is 13.5. The van der Waals surface area contributed by atoms with E-state index < -0.39 is 0 Å². The molecule has 6 aromatic carbocycles. The molecule has 1 aliphatic rings. The molecule has 0 amide bonds. The molecule has 0 saturated heterocycles. The summed E-state index contributed by atoms with van der Waals surface area (Å²) in [6, 6.07) is 46.8. The van der Waals surface area contributed by atoms with E-state index in [2.05, 4.69) is 167 Å². The number of rotatable bonds is 4. The molecule has 0 atom stereocenters. The van der Waals surface area contributed by atoms with Gasteiger partial charge < -0.3 is 5.32 Å². The molecule has 0 spiro atoms. The van der Waals surface area contributed by atoms with Gasteiger partial charge in [-0.15, -0.1) is 0 Å². The highest BCUT2D eigenvalue weighted by molar-refractivity contribution is 5.88. The van der Waals surface area contributed by atoms with Crippen LogP contribution in [0.15, 0.2) is 127 Å². The van der Waals surface area contributed by atoms with Crippen molar-refractivity contribution >= 4 is 22.1 Å². The van der Waals surface area contributed by atoms with E-state index in [1.807, 2.05) is 0 Å². The minimum Gasteiger partial charge on any atom is -0.355 e. The summed E-state index contributed by atoms with van der Waals surface area (Å²) in [7, 11) is 0. The second-order valence-electron chi connectivity index (χ2n) is 13.2. The average molecular weight is 544 g/mol. The van der Waals surface area contributed by atoms with Crippen molar-refractivity contribution in [1.82, 2.24) is 0 Å².